The maximum Gasteiger partial charge on any atom is 0.128 e. The van der Waals surface area contributed by atoms with Crippen LogP contribution in [0.15, 0.2) is 42.5 Å². The maximum atomic E-state index is 11.0. The zero-order chi connectivity index (χ0) is 18.1. The summed E-state index contributed by atoms with van der Waals surface area (Å²) in [7, 11) is 0. The molecular weight excluding hydrogens is 348 g/mol. The fourth-order valence-electron chi connectivity index (χ4n) is 4.88. The third-order valence-electron chi connectivity index (χ3n) is 6.07. The van der Waals surface area contributed by atoms with E-state index in [2.05, 4.69) is 6.92 Å². The fraction of sp³-hybridized carbons (Fsp3) is 0.273. The predicted octanol–water partition coefficient (Wildman–Crippen LogP) is 6.24. The number of ether oxygens (including phenoxy) is 1. The van der Waals surface area contributed by atoms with Crippen LogP contribution in [0.25, 0.3) is 10.8 Å². The Kier molecular flexibility index (Phi) is 3.23. The topological polar surface area (TPSA) is 49.7 Å². The number of benzene rings is 3. The van der Waals surface area contributed by atoms with Gasteiger partial charge in [0, 0.05) is 26.9 Å². The highest BCUT2D eigenvalue weighted by Crippen LogP contribution is 2.63. The van der Waals surface area contributed by atoms with Crippen molar-refractivity contribution in [1.29, 1.82) is 0 Å². The van der Waals surface area contributed by atoms with E-state index < -0.39 is 0 Å². The van der Waals surface area contributed by atoms with Gasteiger partial charge in [0.2, 0.25) is 0 Å². The van der Waals surface area contributed by atoms with Crippen LogP contribution in [0.1, 0.15) is 43.2 Å². The molecule has 3 aromatic carbocycles. The van der Waals surface area contributed by atoms with Gasteiger partial charge < -0.3 is 14.9 Å². The first-order valence-corrected chi connectivity index (χ1v) is 9.29. The van der Waals surface area contributed by atoms with Gasteiger partial charge >= 0.3 is 0 Å². The molecule has 2 unspecified atom stereocenters. The number of hydrogen-bond acceptors (Lipinski definition) is 3. The van der Waals surface area contributed by atoms with Crippen LogP contribution in [0.4, 0.5) is 0 Å². The van der Waals surface area contributed by atoms with Crippen molar-refractivity contribution in [3.63, 3.8) is 0 Å². The van der Waals surface area contributed by atoms with Gasteiger partial charge in [-0.2, -0.15) is 0 Å². The van der Waals surface area contributed by atoms with Gasteiger partial charge in [-0.25, -0.2) is 0 Å². The normalized spacial score (nSPS) is 23.4. The number of halogens is 1. The van der Waals surface area contributed by atoms with Crippen LogP contribution in [0, 0.1) is 0 Å². The molecule has 1 fully saturated rings. The molecule has 0 aromatic heterocycles. The third kappa shape index (κ3) is 2.13. The maximum absolute atomic E-state index is 11.0. The van der Waals surface area contributed by atoms with Gasteiger partial charge in [0.15, 0.2) is 0 Å². The quantitative estimate of drug-likeness (QED) is 0.528. The summed E-state index contributed by atoms with van der Waals surface area (Å²) in [4.78, 5) is 0. The van der Waals surface area contributed by atoms with Crippen LogP contribution in [0.5, 0.6) is 23.0 Å². The number of fused-ring (bicyclic) bond motifs is 6. The minimum atomic E-state index is -0.0196. The SMILES string of the molecule is CC12CCC(C1)c1c2c(O)c2ccc(Oc3ccc(Cl)cc3)cc2c1O. The van der Waals surface area contributed by atoms with Gasteiger partial charge in [-0.05, 0) is 73.1 Å². The molecule has 0 spiro atoms. The molecule has 1 saturated carbocycles. The number of rotatable bonds is 2. The zero-order valence-electron chi connectivity index (χ0n) is 14.4. The molecule has 26 heavy (non-hydrogen) atoms. The Morgan fingerprint density at radius 1 is 1.00 bits per heavy atom. The van der Waals surface area contributed by atoms with E-state index in [1.165, 1.54) is 0 Å². The molecule has 2 atom stereocenters. The molecule has 4 heteroatoms. The molecule has 0 saturated heterocycles. The Hall–Kier alpha value is -2.39. The fourth-order valence-corrected chi connectivity index (χ4v) is 5.00. The lowest BCUT2D eigenvalue weighted by atomic mass is 9.79. The summed E-state index contributed by atoms with van der Waals surface area (Å²) in [6.45, 7) is 2.20. The van der Waals surface area contributed by atoms with E-state index in [0.29, 0.717) is 44.7 Å². The lowest BCUT2D eigenvalue weighted by Gasteiger charge is -2.27. The highest BCUT2D eigenvalue weighted by Gasteiger charge is 2.49. The third-order valence-corrected chi connectivity index (χ3v) is 6.32. The summed E-state index contributed by atoms with van der Waals surface area (Å²) in [6, 6.07) is 12.6. The van der Waals surface area contributed by atoms with Crippen LogP contribution < -0.4 is 4.74 Å². The van der Waals surface area contributed by atoms with E-state index in [-0.39, 0.29) is 5.41 Å². The van der Waals surface area contributed by atoms with Crippen LogP contribution in [-0.4, -0.2) is 10.2 Å². The summed E-state index contributed by atoms with van der Waals surface area (Å²) in [5.74, 6) is 2.23. The Balaban J connectivity index is 1.65. The molecule has 0 heterocycles. The van der Waals surface area contributed by atoms with E-state index in [1.54, 1.807) is 30.3 Å². The first kappa shape index (κ1) is 15.8. The van der Waals surface area contributed by atoms with Crippen molar-refractivity contribution >= 4 is 22.4 Å². The lowest BCUT2D eigenvalue weighted by molar-refractivity contribution is 0.427. The van der Waals surface area contributed by atoms with Crippen LogP contribution in [-0.2, 0) is 5.41 Å². The summed E-state index contributed by atoms with van der Waals surface area (Å²) < 4.78 is 5.89. The van der Waals surface area contributed by atoms with Gasteiger partial charge in [0.25, 0.3) is 0 Å². The number of aromatic hydroxyl groups is 2. The standard InChI is InChI=1S/C22H19ClO3/c1-22-9-8-12(11-22)18-19(22)21(25)16-7-6-15(10-17(16)20(18)24)26-14-4-2-13(23)3-5-14/h2-7,10,12,24-25H,8-9,11H2,1H3. The molecule has 2 N–H and O–H groups in total. The molecule has 0 amide bonds. The average Bonchev–Trinajstić information content (AvgIpc) is 3.15. The van der Waals surface area contributed by atoms with E-state index in [1.807, 2.05) is 12.1 Å². The molecule has 0 radical (unpaired) electrons. The number of hydrogen-bond donors (Lipinski definition) is 2. The van der Waals surface area contributed by atoms with Crippen molar-refractivity contribution < 1.29 is 14.9 Å². The van der Waals surface area contributed by atoms with Gasteiger partial charge in [-0.15, -0.1) is 0 Å². The van der Waals surface area contributed by atoms with E-state index in [0.717, 1.165) is 30.4 Å². The summed E-state index contributed by atoms with van der Waals surface area (Å²) in [5.41, 5.74) is 1.87. The van der Waals surface area contributed by atoms with E-state index >= 15 is 0 Å². The Morgan fingerprint density at radius 3 is 2.50 bits per heavy atom. The van der Waals surface area contributed by atoms with Gasteiger partial charge in [-0.3, -0.25) is 0 Å². The number of phenolic OH excluding ortho intramolecular Hbond substituents is 2. The van der Waals surface area contributed by atoms with Gasteiger partial charge in [0.05, 0.1) is 0 Å². The van der Waals surface area contributed by atoms with Crippen molar-refractivity contribution in [2.45, 2.75) is 37.5 Å². The number of phenols is 2. The van der Waals surface area contributed by atoms with Crippen LogP contribution in [0.2, 0.25) is 5.02 Å². The molecule has 0 aliphatic heterocycles. The van der Waals surface area contributed by atoms with Gasteiger partial charge in [0.1, 0.15) is 23.0 Å². The zero-order valence-corrected chi connectivity index (χ0v) is 15.2. The Bertz CT molecular complexity index is 1040. The first-order chi connectivity index (χ1) is 12.5. The molecule has 3 nitrogen and oxygen atoms in total. The molecule has 132 valence electrons. The van der Waals surface area contributed by atoms with Crippen molar-refractivity contribution in [3.8, 4) is 23.0 Å². The molecular formula is C22H19ClO3. The molecule has 2 bridgehead atoms. The monoisotopic (exact) mass is 366 g/mol. The Morgan fingerprint density at radius 2 is 1.73 bits per heavy atom. The molecule has 2 aliphatic carbocycles. The molecule has 5 rings (SSSR count). The largest absolute Gasteiger partial charge is 0.507 e. The smallest absolute Gasteiger partial charge is 0.128 e. The summed E-state index contributed by atoms with van der Waals surface area (Å²) >= 11 is 5.91. The van der Waals surface area contributed by atoms with E-state index in [9.17, 15) is 10.2 Å². The second kappa shape index (κ2) is 5.31. The summed E-state index contributed by atoms with van der Waals surface area (Å²) in [5, 5.41) is 23.9. The molecule has 2 aliphatic rings. The van der Waals surface area contributed by atoms with Crippen molar-refractivity contribution in [3.05, 3.63) is 58.6 Å². The lowest BCUT2D eigenvalue weighted by Crippen LogP contribution is -2.16. The van der Waals surface area contributed by atoms with E-state index in [4.69, 9.17) is 16.3 Å². The first-order valence-electron chi connectivity index (χ1n) is 8.92. The van der Waals surface area contributed by atoms with Gasteiger partial charge in [-0.1, -0.05) is 18.5 Å². The van der Waals surface area contributed by atoms with Crippen molar-refractivity contribution in [2.24, 2.45) is 0 Å². The second-order valence-electron chi connectivity index (χ2n) is 7.75. The minimum Gasteiger partial charge on any atom is -0.507 e. The minimum absolute atomic E-state index is 0.0196. The summed E-state index contributed by atoms with van der Waals surface area (Å²) in [6.07, 6.45) is 3.15. The van der Waals surface area contributed by atoms with Crippen LogP contribution in [0.3, 0.4) is 0 Å². The second-order valence-corrected chi connectivity index (χ2v) is 8.19. The molecule has 3 aromatic rings. The Labute approximate surface area is 156 Å². The highest BCUT2D eigenvalue weighted by atomic mass is 35.5. The van der Waals surface area contributed by atoms with Crippen molar-refractivity contribution in [2.75, 3.05) is 0 Å². The van der Waals surface area contributed by atoms with Crippen LogP contribution >= 0.6 is 11.6 Å². The average molecular weight is 367 g/mol. The van der Waals surface area contributed by atoms with Crippen molar-refractivity contribution in [1.82, 2.24) is 0 Å². The predicted molar refractivity (Wildman–Crippen MR) is 103 cm³/mol. The highest BCUT2D eigenvalue weighted by molar-refractivity contribution is 6.30.